The van der Waals surface area contributed by atoms with Gasteiger partial charge in [0.25, 0.3) is 5.56 Å². The molecule has 0 saturated heterocycles. The predicted molar refractivity (Wildman–Crippen MR) is 108 cm³/mol. The zero-order valence-electron chi connectivity index (χ0n) is 15.2. The Morgan fingerprint density at radius 2 is 2.19 bits per heavy atom. The number of H-pyrrole nitrogens is 1. The van der Waals surface area contributed by atoms with Crippen molar-refractivity contribution in [3.05, 3.63) is 45.7 Å². The number of nitrogens with zero attached hydrogens (tertiary/aromatic N) is 3. The van der Waals surface area contributed by atoms with Crippen molar-refractivity contribution >= 4 is 34.7 Å². The standard InChI is InChI=1S/C18H20ClN5O2S/c1-4-11-8-15(25)22-17(20-11)24-14(21-16(26)18(2,3)10-19)9-12(23-24)13-6-5-7-27-13/h5-9H,4,10H2,1-3H3,(H,21,26)(H,20,22,25). The second kappa shape index (κ2) is 7.66. The van der Waals surface area contributed by atoms with E-state index in [1.807, 2.05) is 24.4 Å². The van der Waals surface area contributed by atoms with Crippen molar-refractivity contribution < 1.29 is 4.79 Å². The van der Waals surface area contributed by atoms with E-state index >= 15 is 0 Å². The third-order valence-corrected chi connectivity index (χ3v) is 5.58. The summed E-state index contributed by atoms with van der Waals surface area (Å²) in [5.41, 5.74) is 0.281. The monoisotopic (exact) mass is 405 g/mol. The molecule has 0 saturated carbocycles. The van der Waals surface area contributed by atoms with Crippen LogP contribution in [0.3, 0.4) is 0 Å². The highest BCUT2D eigenvalue weighted by molar-refractivity contribution is 7.13. The number of thiophene rings is 1. The fourth-order valence-corrected chi connectivity index (χ4v) is 3.10. The molecule has 1 amide bonds. The molecular weight excluding hydrogens is 386 g/mol. The van der Waals surface area contributed by atoms with E-state index in [0.717, 1.165) is 4.88 Å². The van der Waals surface area contributed by atoms with Crippen LogP contribution in [0.5, 0.6) is 0 Å². The maximum absolute atomic E-state index is 12.6. The van der Waals surface area contributed by atoms with Gasteiger partial charge >= 0.3 is 0 Å². The van der Waals surface area contributed by atoms with Gasteiger partial charge in [-0.25, -0.2) is 4.98 Å². The number of carbonyl (C=O) groups excluding carboxylic acids is 1. The summed E-state index contributed by atoms with van der Waals surface area (Å²) in [7, 11) is 0. The molecule has 0 atom stereocenters. The van der Waals surface area contributed by atoms with Crippen molar-refractivity contribution in [3.8, 4) is 16.5 Å². The zero-order valence-corrected chi connectivity index (χ0v) is 16.8. The van der Waals surface area contributed by atoms with Gasteiger partial charge in [0.1, 0.15) is 11.5 Å². The molecule has 7 nitrogen and oxygen atoms in total. The number of halogens is 1. The molecule has 0 bridgehead atoms. The lowest BCUT2D eigenvalue weighted by atomic mass is 9.95. The van der Waals surface area contributed by atoms with Crippen LogP contribution >= 0.6 is 22.9 Å². The summed E-state index contributed by atoms with van der Waals surface area (Å²) in [4.78, 5) is 32.6. The van der Waals surface area contributed by atoms with Crippen molar-refractivity contribution in [2.45, 2.75) is 27.2 Å². The van der Waals surface area contributed by atoms with Gasteiger partial charge in [0.15, 0.2) is 0 Å². The topological polar surface area (TPSA) is 92.7 Å². The number of aryl methyl sites for hydroxylation is 1. The number of aromatic amines is 1. The summed E-state index contributed by atoms with van der Waals surface area (Å²) < 4.78 is 1.44. The van der Waals surface area contributed by atoms with Gasteiger partial charge in [-0.3, -0.25) is 14.6 Å². The van der Waals surface area contributed by atoms with E-state index in [2.05, 4.69) is 20.4 Å². The number of aromatic nitrogens is 4. The molecule has 0 spiro atoms. The summed E-state index contributed by atoms with van der Waals surface area (Å²) in [5.74, 6) is 0.593. The minimum Gasteiger partial charge on any atom is -0.310 e. The molecule has 2 N–H and O–H groups in total. The number of carbonyl (C=O) groups is 1. The number of alkyl halides is 1. The summed E-state index contributed by atoms with van der Waals surface area (Å²) >= 11 is 7.45. The summed E-state index contributed by atoms with van der Waals surface area (Å²) in [6.45, 7) is 5.43. The number of rotatable bonds is 6. The highest BCUT2D eigenvalue weighted by Gasteiger charge is 2.28. The van der Waals surface area contributed by atoms with Crippen LogP contribution in [0.1, 0.15) is 26.5 Å². The van der Waals surface area contributed by atoms with Crippen LogP contribution in [0, 0.1) is 5.41 Å². The lowest BCUT2D eigenvalue weighted by Gasteiger charge is -2.20. The molecule has 0 aliphatic heterocycles. The Kier molecular flexibility index (Phi) is 5.48. The van der Waals surface area contributed by atoms with Crippen LogP contribution in [0.4, 0.5) is 5.82 Å². The lowest BCUT2D eigenvalue weighted by Crippen LogP contribution is -2.33. The SMILES string of the molecule is CCc1cc(=O)[nH]c(-n2nc(-c3cccs3)cc2NC(=O)C(C)(C)CCl)n1. The van der Waals surface area contributed by atoms with Gasteiger partial charge in [0.05, 0.1) is 10.3 Å². The van der Waals surface area contributed by atoms with Gasteiger partial charge in [-0.15, -0.1) is 22.9 Å². The van der Waals surface area contributed by atoms with Gasteiger partial charge in [-0.2, -0.15) is 9.78 Å². The molecule has 0 aromatic carbocycles. The Balaban J connectivity index is 2.10. The Bertz CT molecular complexity index is 1010. The van der Waals surface area contributed by atoms with Gasteiger partial charge in [-0.05, 0) is 31.7 Å². The van der Waals surface area contributed by atoms with Gasteiger partial charge in [0, 0.05) is 23.7 Å². The summed E-state index contributed by atoms with van der Waals surface area (Å²) in [5, 5.41) is 9.35. The van der Waals surface area contributed by atoms with Crippen LogP contribution in [0.25, 0.3) is 16.5 Å². The zero-order chi connectivity index (χ0) is 19.6. The van der Waals surface area contributed by atoms with Gasteiger partial charge in [-0.1, -0.05) is 13.0 Å². The first-order valence-corrected chi connectivity index (χ1v) is 9.87. The molecule has 0 radical (unpaired) electrons. The Labute approximate surface area is 165 Å². The number of hydrogen-bond acceptors (Lipinski definition) is 5. The number of hydrogen-bond donors (Lipinski definition) is 2. The second-order valence-corrected chi connectivity index (χ2v) is 7.90. The first kappa shape index (κ1) is 19.3. The van der Waals surface area contributed by atoms with Crippen LogP contribution in [-0.2, 0) is 11.2 Å². The molecule has 3 heterocycles. The van der Waals surface area contributed by atoms with Crippen molar-refractivity contribution in [1.29, 1.82) is 0 Å². The second-order valence-electron chi connectivity index (χ2n) is 6.69. The fourth-order valence-electron chi connectivity index (χ4n) is 2.30. The van der Waals surface area contributed by atoms with E-state index in [1.54, 1.807) is 19.9 Å². The summed E-state index contributed by atoms with van der Waals surface area (Å²) in [6, 6.07) is 7.06. The molecule has 0 fully saturated rings. The van der Waals surface area contributed by atoms with Gasteiger partial charge < -0.3 is 5.32 Å². The average molecular weight is 406 g/mol. The van der Waals surface area contributed by atoms with E-state index in [1.165, 1.54) is 22.1 Å². The van der Waals surface area contributed by atoms with Gasteiger partial charge in [0.2, 0.25) is 11.9 Å². The molecule has 3 rings (SSSR count). The molecule has 0 unspecified atom stereocenters. The largest absolute Gasteiger partial charge is 0.310 e. The maximum atomic E-state index is 12.6. The molecule has 0 aliphatic carbocycles. The van der Waals surface area contributed by atoms with E-state index in [-0.39, 0.29) is 23.3 Å². The van der Waals surface area contributed by atoms with Crippen LogP contribution in [0.2, 0.25) is 0 Å². The third kappa shape index (κ3) is 4.12. The van der Waals surface area contributed by atoms with Crippen molar-refractivity contribution in [2.75, 3.05) is 11.2 Å². The highest BCUT2D eigenvalue weighted by atomic mass is 35.5. The summed E-state index contributed by atoms with van der Waals surface area (Å²) in [6.07, 6.45) is 0.608. The molecule has 142 valence electrons. The molecule has 9 heteroatoms. The van der Waals surface area contributed by atoms with E-state index in [0.29, 0.717) is 23.6 Å². The maximum Gasteiger partial charge on any atom is 0.252 e. The minimum absolute atomic E-state index is 0.172. The average Bonchev–Trinajstić information content (AvgIpc) is 3.30. The Hall–Kier alpha value is -2.45. The molecule has 3 aromatic rings. The number of amides is 1. The molecular formula is C18H20ClN5O2S. The quantitative estimate of drug-likeness (QED) is 0.614. The first-order chi connectivity index (χ1) is 12.8. The van der Waals surface area contributed by atoms with Crippen LogP contribution in [-0.4, -0.2) is 31.5 Å². The number of anilines is 1. The lowest BCUT2D eigenvalue weighted by molar-refractivity contribution is -0.123. The molecule has 0 aliphatic rings. The van der Waals surface area contributed by atoms with Crippen molar-refractivity contribution in [1.82, 2.24) is 19.7 Å². The normalized spacial score (nSPS) is 11.6. The van der Waals surface area contributed by atoms with E-state index < -0.39 is 5.41 Å². The molecule has 27 heavy (non-hydrogen) atoms. The fraction of sp³-hybridized carbons (Fsp3) is 0.333. The van der Waals surface area contributed by atoms with E-state index in [4.69, 9.17) is 11.6 Å². The Morgan fingerprint density at radius 1 is 1.41 bits per heavy atom. The van der Waals surface area contributed by atoms with Crippen molar-refractivity contribution in [3.63, 3.8) is 0 Å². The number of nitrogens with one attached hydrogen (secondary N) is 2. The van der Waals surface area contributed by atoms with E-state index in [9.17, 15) is 9.59 Å². The highest BCUT2D eigenvalue weighted by Crippen LogP contribution is 2.28. The minimum atomic E-state index is -0.758. The smallest absolute Gasteiger partial charge is 0.252 e. The Morgan fingerprint density at radius 3 is 2.81 bits per heavy atom. The third-order valence-electron chi connectivity index (χ3n) is 4.02. The van der Waals surface area contributed by atoms with Crippen LogP contribution < -0.4 is 10.9 Å². The first-order valence-electron chi connectivity index (χ1n) is 8.46. The van der Waals surface area contributed by atoms with Crippen LogP contribution in [0.15, 0.2) is 34.4 Å². The molecule has 3 aromatic heterocycles. The van der Waals surface area contributed by atoms with Crippen molar-refractivity contribution in [2.24, 2.45) is 5.41 Å². The predicted octanol–water partition coefficient (Wildman–Crippen LogP) is 3.45.